The van der Waals surface area contributed by atoms with Gasteiger partial charge in [-0.05, 0) is 31.0 Å². The summed E-state index contributed by atoms with van der Waals surface area (Å²) in [6.45, 7) is 0. The molecule has 2 N–H and O–H groups in total. The Hall–Kier alpha value is -1.16. The third-order valence-corrected chi connectivity index (χ3v) is 4.71. The van der Waals surface area contributed by atoms with Gasteiger partial charge in [-0.15, -0.1) is 11.8 Å². The summed E-state index contributed by atoms with van der Waals surface area (Å²) in [7, 11) is 1.94. The average Bonchev–Trinajstić information content (AvgIpc) is 2.45. The van der Waals surface area contributed by atoms with Gasteiger partial charge in [0.05, 0.1) is 5.75 Å². The van der Waals surface area contributed by atoms with Crippen LogP contribution in [-0.4, -0.2) is 29.6 Å². The summed E-state index contributed by atoms with van der Waals surface area (Å²) in [4.78, 5) is 15.2. The summed E-state index contributed by atoms with van der Waals surface area (Å²) in [5.74, 6) is 0.718. The fourth-order valence-corrected chi connectivity index (χ4v) is 3.41. The molecule has 0 heterocycles. The molecule has 4 heteroatoms. The van der Waals surface area contributed by atoms with Gasteiger partial charge in [0.25, 0.3) is 0 Å². The quantitative estimate of drug-likeness (QED) is 0.680. The highest BCUT2D eigenvalue weighted by atomic mass is 32.2. The van der Waals surface area contributed by atoms with Crippen molar-refractivity contribution in [3.05, 3.63) is 24.3 Å². The molecule has 0 atom stereocenters. The molecule has 1 aromatic rings. The number of nitrogens with zero attached hydrogens (tertiary/aromatic N) is 1. The van der Waals surface area contributed by atoms with E-state index < -0.39 is 0 Å². The smallest absolute Gasteiger partial charge is 0.232 e. The van der Waals surface area contributed by atoms with Gasteiger partial charge < -0.3 is 10.6 Å². The summed E-state index contributed by atoms with van der Waals surface area (Å²) in [6, 6.07) is 8.14. The molecule has 0 radical (unpaired) electrons. The maximum absolute atomic E-state index is 12.2. The fraction of sp³-hybridized carbons (Fsp3) is 0.533. The van der Waals surface area contributed by atoms with Crippen LogP contribution >= 0.6 is 11.8 Å². The van der Waals surface area contributed by atoms with Crippen LogP contribution in [0.1, 0.15) is 32.1 Å². The van der Waals surface area contributed by atoms with Gasteiger partial charge in [-0.2, -0.15) is 0 Å². The summed E-state index contributed by atoms with van der Waals surface area (Å²) in [6.07, 6.45) is 6.14. The zero-order valence-electron chi connectivity index (χ0n) is 11.5. The first-order valence-corrected chi connectivity index (χ1v) is 7.89. The number of hydrogen-bond donors (Lipinski definition) is 1. The Morgan fingerprint density at radius 2 is 2.11 bits per heavy atom. The number of hydrogen-bond acceptors (Lipinski definition) is 3. The maximum atomic E-state index is 12.2. The van der Waals surface area contributed by atoms with E-state index in [1.54, 1.807) is 11.8 Å². The van der Waals surface area contributed by atoms with Crippen LogP contribution in [0.15, 0.2) is 29.2 Å². The number of amides is 1. The molecule has 0 aromatic heterocycles. The van der Waals surface area contributed by atoms with E-state index in [1.165, 1.54) is 19.3 Å². The summed E-state index contributed by atoms with van der Waals surface area (Å²) < 4.78 is 0. The van der Waals surface area contributed by atoms with Crippen molar-refractivity contribution in [3.8, 4) is 0 Å². The Kier molecular flexibility index (Phi) is 5.14. The van der Waals surface area contributed by atoms with Gasteiger partial charge in [0.15, 0.2) is 0 Å². The lowest BCUT2D eigenvalue weighted by molar-refractivity contribution is -0.129. The van der Waals surface area contributed by atoms with Crippen molar-refractivity contribution < 1.29 is 4.79 Å². The van der Waals surface area contributed by atoms with Crippen LogP contribution in [0.4, 0.5) is 5.69 Å². The molecule has 1 aliphatic carbocycles. The zero-order valence-corrected chi connectivity index (χ0v) is 12.3. The van der Waals surface area contributed by atoms with E-state index in [0.717, 1.165) is 23.4 Å². The lowest BCUT2D eigenvalue weighted by atomic mass is 9.94. The molecular weight excluding hydrogens is 256 g/mol. The first-order chi connectivity index (χ1) is 9.16. The predicted octanol–water partition coefficient (Wildman–Crippen LogP) is 3.15. The highest BCUT2D eigenvalue weighted by Crippen LogP contribution is 2.24. The Labute approximate surface area is 119 Å². The lowest BCUT2D eigenvalue weighted by Crippen LogP contribution is -2.39. The molecule has 104 valence electrons. The van der Waals surface area contributed by atoms with Crippen molar-refractivity contribution >= 4 is 23.4 Å². The van der Waals surface area contributed by atoms with Gasteiger partial charge in [0.1, 0.15) is 0 Å². The van der Waals surface area contributed by atoms with Gasteiger partial charge in [-0.3, -0.25) is 4.79 Å². The van der Waals surface area contributed by atoms with E-state index in [2.05, 4.69) is 0 Å². The molecule has 1 aliphatic rings. The topological polar surface area (TPSA) is 46.3 Å². The van der Waals surface area contributed by atoms with E-state index in [4.69, 9.17) is 5.73 Å². The van der Waals surface area contributed by atoms with Crippen molar-refractivity contribution in [1.82, 2.24) is 4.90 Å². The largest absolute Gasteiger partial charge is 0.399 e. The molecule has 0 saturated heterocycles. The second-order valence-corrected chi connectivity index (χ2v) is 6.21. The Morgan fingerprint density at radius 3 is 2.79 bits per heavy atom. The number of thioether (sulfide) groups is 1. The molecule has 19 heavy (non-hydrogen) atoms. The monoisotopic (exact) mass is 278 g/mol. The van der Waals surface area contributed by atoms with Gasteiger partial charge >= 0.3 is 0 Å². The molecule has 3 nitrogen and oxygen atoms in total. The highest BCUT2D eigenvalue weighted by molar-refractivity contribution is 8.00. The number of carbonyl (C=O) groups excluding carboxylic acids is 1. The molecule has 0 bridgehead atoms. The van der Waals surface area contributed by atoms with E-state index >= 15 is 0 Å². The number of anilines is 1. The van der Waals surface area contributed by atoms with Gasteiger partial charge in [-0.25, -0.2) is 0 Å². The summed E-state index contributed by atoms with van der Waals surface area (Å²) >= 11 is 1.56. The molecule has 1 saturated carbocycles. The minimum atomic E-state index is 0.222. The molecule has 0 aliphatic heterocycles. The van der Waals surface area contributed by atoms with Crippen LogP contribution in [-0.2, 0) is 4.79 Å². The van der Waals surface area contributed by atoms with Crippen molar-refractivity contribution in [3.63, 3.8) is 0 Å². The Balaban J connectivity index is 1.83. The van der Waals surface area contributed by atoms with Crippen LogP contribution < -0.4 is 5.73 Å². The number of nitrogen functional groups attached to an aromatic ring is 1. The fourth-order valence-electron chi connectivity index (χ4n) is 2.52. The van der Waals surface area contributed by atoms with E-state index in [0.29, 0.717) is 11.8 Å². The van der Waals surface area contributed by atoms with Crippen LogP contribution in [0.5, 0.6) is 0 Å². The summed E-state index contributed by atoms with van der Waals surface area (Å²) in [5, 5.41) is 0. The maximum Gasteiger partial charge on any atom is 0.232 e. The zero-order chi connectivity index (χ0) is 13.7. The number of rotatable bonds is 4. The molecule has 2 rings (SSSR count). The Bertz CT molecular complexity index is 430. The van der Waals surface area contributed by atoms with Crippen molar-refractivity contribution in [1.29, 1.82) is 0 Å². The molecule has 0 spiro atoms. The molecule has 1 aromatic carbocycles. The first kappa shape index (κ1) is 14.3. The molecule has 0 unspecified atom stereocenters. The van der Waals surface area contributed by atoms with Gasteiger partial charge in [0.2, 0.25) is 5.91 Å². The standard InChI is InChI=1S/C15H22N2OS/c1-17(13-7-3-2-4-8-13)15(18)11-19-14-9-5-6-12(16)10-14/h5-6,9-10,13H,2-4,7-8,11,16H2,1H3. The second kappa shape index (κ2) is 6.85. The average molecular weight is 278 g/mol. The Morgan fingerprint density at radius 1 is 1.37 bits per heavy atom. The van der Waals surface area contributed by atoms with Gasteiger partial charge in [-0.1, -0.05) is 25.3 Å². The minimum Gasteiger partial charge on any atom is -0.399 e. The van der Waals surface area contributed by atoms with E-state index in [-0.39, 0.29) is 5.91 Å². The third kappa shape index (κ3) is 4.16. The number of carbonyl (C=O) groups is 1. The van der Waals surface area contributed by atoms with Crippen LogP contribution in [0.25, 0.3) is 0 Å². The molecule has 1 fully saturated rings. The van der Waals surface area contributed by atoms with Gasteiger partial charge in [0, 0.05) is 23.7 Å². The predicted molar refractivity (Wildman–Crippen MR) is 81.2 cm³/mol. The van der Waals surface area contributed by atoms with E-state index in [9.17, 15) is 4.79 Å². The van der Waals surface area contributed by atoms with E-state index in [1.807, 2.05) is 36.2 Å². The number of benzene rings is 1. The molecular formula is C15H22N2OS. The van der Waals surface area contributed by atoms with Crippen molar-refractivity contribution in [2.24, 2.45) is 0 Å². The normalized spacial score (nSPS) is 16.3. The second-order valence-electron chi connectivity index (χ2n) is 5.16. The van der Waals surface area contributed by atoms with Crippen LogP contribution in [0.2, 0.25) is 0 Å². The van der Waals surface area contributed by atoms with Crippen LogP contribution in [0, 0.1) is 0 Å². The van der Waals surface area contributed by atoms with Crippen molar-refractivity contribution in [2.45, 2.75) is 43.0 Å². The summed E-state index contributed by atoms with van der Waals surface area (Å²) in [5.41, 5.74) is 6.48. The first-order valence-electron chi connectivity index (χ1n) is 6.91. The molecule has 1 amide bonds. The third-order valence-electron chi connectivity index (χ3n) is 3.74. The van der Waals surface area contributed by atoms with Crippen LogP contribution in [0.3, 0.4) is 0 Å². The number of nitrogens with two attached hydrogens (primary N) is 1. The highest BCUT2D eigenvalue weighted by Gasteiger charge is 2.21. The van der Waals surface area contributed by atoms with Crippen molar-refractivity contribution in [2.75, 3.05) is 18.5 Å². The minimum absolute atomic E-state index is 0.222. The SMILES string of the molecule is CN(C(=O)CSc1cccc(N)c1)C1CCCCC1. The lowest BCUT2D eigenvalue weighted by Gasteiger charge is -2.31.